The molecule has 1 aromatic heterocycles. The third kappa shape index (κ3) is 4.66. The van der Waals surface area contributed by atoms with Gasteiger partial charge in [0, 0.05) is 50.2 Å². The Morgan fingerprint density at radius 2 is 2.21 bits per heavy atom. The van der Waals surface area contributed by atoms with Gasteiger partial charge < -0.3 is 14.5 Å². The van der Waals surface area contributed by atoms with Gasteiger partial charge in [0.15, 0.2) is 11.5 Å². The Balaban J connectivity index is 1.74. The van der Waals surface area contributed by atoms with E-state index in [9.17, 15) is 10.1 Å². The average Bonchev–Trinajstić information content (AvgIpc) is 2.72. The molecule has 1 saturated heterocycles. The molecule has 0 aliphatic carbocycles. The highest BCUT2D eigenvalue weighted by Gasteiger charge is 2.31. The Hall–Kier alpha value is -2.95. The van der Waals surface area contributed by atoms with E-state index in [-0.39, 0.29) is 17.6 Å². The molecule has 0 spiro atoms. The van der Waals surface area contributed by atoms with Crippen molar-refractivity contribution in [2.24, 2.45) is 0 Å². The summed E-state index contributed by atoms with van der Waals surface area (Å²) in [5.74, 6) is 0.439. The molecule has 0 N–H and O–H groups in total. The van der Waals surface area contributed by atoms with E-state index in [0.29, 0.717) is 37.1 Å². The molecule has 7 nitrogen and oxygen atoms in total. The van der Waals surface area contributed by atoms with Crippen molar-refractivity contribution < 1.29 is 9.53 Å². The number of nitriles is 1. The number of amides is 1. The van der Waals surface area contributed by atoms with Crippen molar-refractivity contribution in [2.75, 3.05) is 38.3 Å². The Bertz CT molecular complexity index is 911. The van der Waals surface area contributed by atoms with Gasteiger partial charge in [-0.2, -0.15) is 5.26 Å². The number of hydrogen-bond acceptors (Lipinski definition) is 6. The molecule has 2 heterocycles. The molecule has 1 aliphatic rings. The van der Waals surface area contributed by atoms with Crippen molar-refractivity contribution in [2.45, 2.75) is 6.04 Å². The predicted octanol–water partition coefficient (Wildman–Crippen LogP) is 2.38. The van der Waals surface area contributed by atoms with Crippen LogP contribution in [-0.2, 0) is 9.53 Å². The topological polar surface area (TPSA) is 82.3 Å². The summed E-state index contributed by atoms with van der Waals surface area (Å²) in [7, 11) is 1.60. The summed E-state index contributed by atoms with van der Waals surface area (Å²) in [6, 6.07) is 9.22. The van der Waals surface area contributed by atoms with Gasteiger partial charge in [-0.25, -0.2) is 9.97 Å². The van der Waals surface area contributed by atoms with Crippen molar-refractivity contribution in [3.63, 3.8) is 0 Å². The van der Waals surface area contributed by atoms with Crippen LogP contribution in [0.2, 0.25) is 5.02 Å². The normalized spacial score (nSPS) is 17.0. The maximum atomic E-state index is 12.8. The summed E-state index contributed by atoms with van der Waals surface area (Å²) < 4.78 is 5.32. The molecule has 1 atom stereocenters. The van der Waals surface area contributed by atoms with Gasteiger partial charge in [-0.05, 0) is 23.8 Å². The first-order chi connectivity index (χ1) is 13.6. The number of carbonyl (C=O) groups is 1. The smallest absolute Gasteiger partial charge is 0.247 e. The van der Waals surface area contributed by atoms with Crippen LogP contribution in [0, 0.1) is 11.3 Å². The first-order valence-electron chi connectivity index (χ1n) is 8.81. The second kappa shape index (κ2) is 9.31. The summed E-state index contributed by atoms with van der Waals surface area (Å²) in [6.07, 6.45) is 6.36. The SMILES string of the molecule is COCC1CN(c2nccnc2C#N)CCN1C(=O)C=Cc1cccc(Cl)c1. The zero-order valence-electron chi connectivity index (χ0n) is 15.5. The number of hydrogen-bond donors (Lipinski definition) is 0. The fourth-order valence-electron chi connectivity index (χ4n) is 3.19. The number of halogens is 1. The maximum Gasteiger partial charge on any atom is 0.247 e. The number of carbonyl (C=O) groups excluding carboxylic acids is 1. The number of rotatable bonds is 5. The number of anilines is 1. The first kappa shape index (κ1) is 19.8. The Morgan fingerprint density at radius 3 is 2.96 bits per heavy atom. The summed E-state index contributed by atoms with van der Waals surface area (Å²) in [4.78, 5) is 24.9. The minimum absolute atomic E-state index is 0.0960. The molecule has 2 aromatic rings. The lowest BCUT2D eigenvalue weighted by Gasteiger charge is -2.41. The molecule has 0 radical (unpaired) electrons. The number of ether oxygens (including phenoxy) is 1. The van der Waals surface area contributed by atoms with Crippen molar-refractivity contribution in [1.29, 1.82) is 5.26 Å². The standard InChI is InChI=1S/C20H20ClN5O2/c1-28-14-17-13-25(20-18(12-22)23-7-8-24-20)9-10-26(17)19(27)6-5-15-3-2-4-16(21)11-15/h2-8,11,17H,9-10,13-14H2,1H3. The molecule has 0 saturated carbocycles. The van der Waals surface area contributed by atoms with Crippen LogP contribution in [0.25, 0.3) is 6.08 Å². The van der Waals surface area contributed by atoms with Crippen molar-refractivity contribution >= 4 is 29.4 Å². The predicted molar refractivity (Wildman–Crippen MR) is 107 cm³/mol. The number of benzene rings is 1. The first-order valence-corrected chi connectivity index (χ1v) is 9.19. The van der Waals surface area contributed by atoms with Gasteiger partial charge in [0.2, 0.25) is 5.91 Å². The molecule has 1 aliphatic heterocycles. The van der Waals surface area contributed by atoms with Crippen LogP contribution < -0.4 is 4.90 Å². The fourth-order valence-corrected chi connectivity index (χ4v) is 3.39. The minimum atomic E-state index is -0.163. The minimum Gasteiger partial charge on any atom is -0.382 e. The van der Waals surface area contributed by atoms with Crippen LogP contribution in [-0.4, -0.2) is 60.2 Å². The molecule has 1 unspecified atom stereocenters. The molecule has 1 aromatic carbocycles. The van der Waals surface area contributed by atoms with Crippen LogP contribution in [0.5, 0.6) is 0 Å². The quantitative estimate of drug-likeness (QED) is 0.720. The lowest BCUT2D eigenvalue weighted by Crippen LogP contribution is -2.57. The largest absolute Gasteiger partial charge is 0.382 e. The van der Waals surface area contributed by atoms with Gasteiger partial charge in [0.05, 0.1) is 12.6 Å². The summed E-state index contributed by atoms with van der Waals surface area (Å²) in [6.45, 7) is 1.95. The molecule has 8 heteroatoms. The van der Waals surface area contributed by atoms with Crippen LogP contribution in [0.3, 0.4) is 0 Å². The van der Waals surface area contributed by atoms with Gasteiger partial charge in [0.25, 0.3) is 0 Å². The van der Waals surface area contributed by atoms with Gasteiger partial charge in [-0.1, -0.05) is 23.7 Å². The Kier molecular flexibility index (Phi) is 6.58. The van der Waals surface area contributed by atoms with Gasteiger partial charge >= 0.3 is 0 Å². The van der Waals surface area contributed by atoms with E-state index in [1.54, 1.807) is 42.5 Å². The van der Waals surface area contributed by atoms with E-state index >= 15 is 0 Å². The molecule has 144 valence electrons. The van der Waals surface area contributed by atoms with Crippen molar-refractivity contribution in [3.05, 3.63) is 59.0 Å². The lowest BCUT2D eigenvalue weighted by molar-refractivity contribution is -0.129. The third-order valence-corrected chi connectivity index (χ3v) is 4.71. The maximum absolute atomic E-state index is 12.8. The molecule has 3 rings (SSSR count). The van der Waals surface area contributed by atoms with E-state index in [4.69, 9.17) is 16.3 Å². The summed E-state index contributed by atoms with van der Waals surface area (Å²) in [5.41, 5.74) is 1.14. The summed E-state index contributed by atoms with van der Waals surface area (Å²) >= 11 is 5.99. The van der Waals surface area contributed by atoms with Gasteiger partial charge in [0.1, 0.15) is 6.07 Å². The van der Waals surface area contributed by atoms with E-state index in [2.05, 4.69) is 16.0 Å². The molecule has 28 heavy (non-hydrogen) atoms. The number of nitrogens with zero attached hydrogens (tertiary/aromatic N) is 5. The van der Waals surface area contributed by atoms with E-state index in [1.165, 1.54) is 6.20 Å². The molecule has 1 amide bonds. The van der Waals surface area contributed by atoms with Crippen LogP contribution in [0.15, 0.2) is 42.7 Å². The highest BCUT2D eigenvalue weighted by molar-refractivity contribution is 6.30. The van der Waals surface area contributed by atoms with Gasteiger partial charge in [-0.15, -0.1) is 0 Å². The Labute approximate surface area is 168 Å². The zero-order chi connectivity index (χ0) is 19.9. The highest BCUT2D eigenvalue weighted by Crippen LogP contribution is 2.20. The van der Waals surface area contributed by atoms with Crippen LogP contribution in [0.4, 0.5) is 5.82 Å². The zero-order valence-corrected chi connectivity index (χ0v) is 16.2. The summed E-state index contributed by atoms with van der Waals surface area (Å²) in [5, 5.41) is 9.89. The van der Waals surface area contributed by atoms with Gasteiger partial charge in [-0.3, -0.25) is 4.79 Å². The average molecular weight is 398 g/mol. The van der Waals surface area contributed by atoms with E-state index < -0.39 is 0 Å². The molecule has 0 bridgehead atoms. The van der Waals surface area contributed by atoms with Crippen LogP contribution in [0.1, 0.15) is 11.3 Å². The molecular weight excluding hydrogens is 378 g/mol. The van der Waals surface area contributed by atoms with Crippen molar-refractivity contribution in [1.82, 2.24) is 14.9 Å². The Morgan fingerprint density at radius 1 is 1.39 bits per heavy atom. The second-order valence-corrected chi connectivity index (χ2v) is 6.75. The number of aromatic nitrogens is 2. The van der Waals surface area contributed by atoms with Crippen molar-refractivity contribution in [3.8, 4) is 6.07 Å². The number of methoxy groups -OCH3 is 1. The number of piperazine rings is 1. The van der Waals surface area contributed by atoms with E-state index in [0.717, 1.165) is 5.56 Å². The van der Waals surface area contributed by atoms with Crippen LogP contribution >= 0.6 is 11.6 Å². The molecular formula is C20H20ClN5O2. The lowest BCUT2D eigenvalue weighted by atomic mass is 10.1. The fraction of sp³-hybridized carbons (Fsp3) is 0.300. The molecule has 1 fully saturated rings. The second-order valence-electron chi connectivity index (χ2n) is 6.32. The highest BCUT2D eigenvalue weighted by atomic mass is 35.5. The van der Waals surface area contributed by atoms with E-state index in [1.807, 2.05) is 17.0 Å². The third-order valence-electron chi connectivity index (χ3n) is 4.48. The monoisotopic (exact) mass is 397 g/mol.